The summed E-state index contributed by atoms with van der Waals surface area (Å²) in [6, 6.07) is 0. The van der Waals surface area contributed by atoms with E-state index in [-0.39, 0.29) is 0 Å². The Morgan fingerprint density at radius 3 is 3.08 bits per heavy atom. The van der Waals surface area contributed by atoms with Gasteiger partial charge in [0.25, 0.3) is 0 Å². The van der Waals surface area contributed by atoms with E-state index in [9.17, 15) is 0 Å². The van der Waals surface area contributed by atoms with E-state index in [1.807, 2.05) is 13.1 Å². The lowest BCUT2D eigenvalue weighted by Crippen LogP contribution is -1.87. The zero-order valence-corrected chi connectivity index (χ0v) is 8.59. The highest BCUT2D eigenvalue weighted by Crippen LogP contribution is 2.17. The van der Waals surface area contributed by atoms with Gasteiger partial charge in [-0.1, -0.05) is 11.6 Å². The van der Waals surface area contributed by atoms with E-state index in [4.69, 9.17) is 11.6 Å². The molecule has 0 aliphatic carbocycles. The molecule has 12 heavy (non-hydrogen) atoms. The molecule has 0 N–H and O–H groups in total. The lowest BCUT2D eigenvalue weighted by Gasteiger charge is -1.93. The summed E-state index contributed by atoms with van der Waals surface area (Å²) in [5, 5.41) is 0.610. The fraction of sp³-hybridized carbons (Fsp3) is 0.143. The van der Waals surface area contributed by atoms with Crippen molar-refractivity contribution in [2.75, 3.05) is 0 Å². The Bertz CT molecular complexity index is 437. The number of aryl methyl sites for hydroxylation is 1. The average molecular weight is 246 g/mol. The van der Waals surface area contributed by atoms with Crippen molar-refractivity contribution in [2.45, 2.75) is 6.92 Å². The van der Waals surface area contributed by atoms with Gasteiger partial charge >= 0.3 is 0 Å². The summed E-state index contributed by atoms with van der Waals surface area (Å²) < 4.78 is 2.62. The second-order valence-corrected chi connectivity index (χ2v) is 3.70. The Labute approximate surface area is 82.5 Å². The van der Waals surface area contributed by atoms with Crippen LogP contribution in [0.15, 0.2) is 16.9 Å². The van der Waals surface area contributed by atoms with Crippen LogP contribution in [0, 0.1) is 6.92 Å². The molecule has 0 atom stereocenters. The summed E-state index contributed by atoms with van der Waals surface area (Å²) in [4.78, 5) is 8.24. The first-order chi connectivity index (χ1) is 5.68. The minimum absolute atomic E-state index is 0.610. The largest absolute Gasteiger partial charge is 0.273 e. The second-order valence-electron chi connectivity index (χ2n) is 2.43. The maximum atomic E-state index is 5.95. The van der Waals surface area contributed by atoms with Gasteiger partial charge in [-0.05, 0) is 22.9 Å². The Morgan fingerprint density at radius 2 is 2.33 bits per heavy atom. The van der Waals surface area contributed by atoms with Gasteiger partial charge in [0.2, 0.25) is 5.78 Å². The highest BCUT2D eigenvalue weighted by Gasteiger charge is 2.06. The molecule has 0 aliphatic rings. The molecule has 2 aromatic rings. The van der Waals surface area contributed by atoms with E-state index < -0.39 is 0 Å². The van der Waals surface area contributed by atoms with Crippen molar-refractivity contribution in [3.05, 3.63) is 27.7 Å². The zero-order chi connectivity index (χ0) is 8.72. The second kappa shape index (κ2) is 2.71. The molecule has 0 aromatic carbocycles. The van der Waals surface area contributed by atoms with Crippen LogP contribution >= 0.6 is 27.5 Å². The summed E-state index contributed by atoms with van der Waals surface area (Å²) in [6.07, 6.45) is 3.53. The fourth-order valence-electron chi connectivity index (χ4n) is 0.994. The molecular formula is C7H5BrClN3. The summed E-state index contributed by atoms with van der Waals surface area (Å²) in [7, 11) is 0. The third-order valence-electron chi connectivity index (χ3n) is 1.55. The number of hydrogen-bond acceptors (Lipinski definition) is 2. The van der Waals surface area contributed by atoms with Crippen molar-refractivity contribution >= 4 is 33.3 Å². The van der Waals surface area contributed by atoms with Crippen LogP contribution in [0.5, 0.6) is 0 Å². The summed E-state index contributed by atoms with van der Waals surface area (Å²) in [5.41, 5.74) is 0.794. The van der Waals surface area contributed by atoms with Crippen molar-refractivity contribution < 1.29 is 0 Å². The predicted octanol–water partition coefficient (Wildman–Crippen LogP) is 2.45. The van der Waals surface area contributed by atoms with E-state index in [2.05, 4.69) is 25.9 Å². The Morgan fingerprint density at radius 1 is 1.58 bits per heavy atom. The minimum Gasteiger partial charge on any atom is -0.273 e. The van der Waals surface area contributed by atoms with Crippen LogP contribution in [-0.2, 0) is 0 Å². The van der Waals surface area contributed by atoms with Gasteiger partial charge in [0.1, 0.15) is 5.15 Å². The minimum atomic E-state index is 0.610. The summed E-state index contributed by atoms with van der Waals surface area (Å²) in [6.45, 7) is 1.85. The smallest absolute Gasteiger partial charge is 0.235 e. The third kappa shape index (κ3) is 1.11. The van der Waals surface area contributed by atoms with Crippen LogP contribution in [0.3, 0.4) is 0 Å². The monoisotopic (exact) mass is 245 g/mol. The zero-order valence-electron chi connectivity index (χ0n) is 6.25. The number of aromatic nitrogens is 3. The number of halogens is 2. The van der Waals surface area contributed by atoms with Crippen molar-refractivity contribution in [2.24, 2.45) is 0 Å². The van der Waals surface area contributed by atoms with Gasteiger partial charge in [0.05, 0.1) is 10.2 Å². The predicted molar refractivity (Wildman–Crippen MR) is 50.4 cm³/mol. The number of hydrogen-bond donors (Lipinski definition) is 0. The molecule has 0 unspecified atom stereocenters. The molecular weight excluding hydrogens is 241 g/mol. The van der Waals surface area contributed by atoms with Crippen molar-refractivity contribution in [1.29, 1.82) is 0 Å². The van der Waals surface area contributed by atoms with Crippen LogP contribution < -0.4 is 0 Å². The standard InChI is InChI=1S/C7H5BrClN3/c1-4-6(9)12-3-5(8)2-10-7(12)11-4/h2-3H,1H3. The van der Waals surface area contributed by atoms with Gasteiger partial charge < -0.3 is 0 Å². The first-order valence-electron chi connectivity index (χ1n) is 3.34. The maximum absolute atomic E-state index is 5.95. The van der Waals surface area contributed by atoms with E-state index in [1.54, 1.807) is 10.6 Å². The topological polar surface area (TPSA) is 30.2 Å². The quantitative estimate of drug-likeness (QED) is 0.715. The van der Waals surface area contributed by atoms with Gasteiger partial charge in [-0.25, -0.2) is 9.97 Å². The van der Waals surface area contributed by atoms with Crippen molar-refractivity contribution in [3.8, 4) is 0 Å². The molecule has 0 radical (unpaired) electrons. The molecule has 5 heteroatoms. The number of imidazole rings is 1. The van der Waals surface area contributed by atoms with E-state index in [1.165, 1.54) is 0 Å². The number of fused-ring (bicyclic) bond motifs is 1. The fourth-order valence-corrected chi connectivity index (χ4v) is 1.47. The van der Waals surface area contributed by atoms with Gasteiger partial charge in [-0.2, -0.15) is 0 Å². The molecule has 0 spiro atoms. The molecule has 62 valence electrons. The molecule has 2 aromatic heterocycles. The molecule has 2 rings (SSSR count). The molecule has 0 aliphatic heterocycles. The highest BCUT2D eigenvalue weighted by atomic mass is 79.9. The van der Waals surface area contributed by atoms with Gasteiger partial charge in [0, 0.05) is 12.4 Å². The summed E-state index contributed by atoms with van der Waals surface area (Å²) >= 11 is 9.26. The third-order valence-corrected chi connectivity index (χ3v) is 2.41. The van der Waals surface area contributed by atoms with E-state index in [0.717, 1.165) is 10.2 Å². The van der Waals surface area contributed by atoms with Gasteiger partial charge in [0.15, 0.2) is 0 Å². The molecule has 0 bridgehead atoms. The van der Waals surface area contributed by atoms with Crippen molar-refractivity contribution in [3.63, 3.8) is 0 Å². The summed E-state index contributed by atoms with van der Waals surface area (Å²) in [5.74, 6) is 0.626. The SMILES string of the molecule is Cc1nc2ncc(Br)cn2c1Cl. The van der Waals surface area contributed by atoms with E-state index >= 15 is 0 Å². The van der Waals surface area contributed by atoms with Crippen LogP contribution in [0.1, 0.15) is 5.69 Å². The average Bonchev–Trinajstić information content (AvgIpc) is 2.31. The normalized spacial score (nSPS) is 10.9. The first-order valence-corrected chi connectivity index (χ1v) is 4.51. The van der Waals surface area contributed by atoms with Crippen LogP contribution in [-0.4, -0.2) is 14.4 Å². The molecule has 3 nitrogen and oxygen atoms in total. The van der Waals surface area contributed by atoms with Crippen molar-refractivity contribution in [1.82, 2.24) is 14.4 Å². The lowest BCUT2D eigenvalue weighted by atomic mass is 10.6. The molecule has 0 saturated carbocycles. The lowest BCUT2D eigenvalue weighted by molar-refractivity contribution is 1.10. The number of rotatable bonds is 0. The Kier molecular flexibility index (Phi) is 1.81. The van der Waals surface area contributed by atoms with Gasteiger partial charge in [-0.3, -0.25) is 4.40 Å². The first kappa shape index (κ1) is 8.01. The number of nitrogens with zero attached hydrogens (tertiary/aromatic N) is 3. The van der Waals surface area contributed by atoms with E-state index in [0.29, 0.717) is 10.9 Å². The highest BCUT2D eigenvalue weighted by molar-refractivity contribution is 9.10. The van der Waals surface area contributed by atoms with Crippen LogP contribution in [0.4, 0.5) is 0 Å². The molecule has 0 saturated heterocycles. The molecule has 0 amide bonds. The Balaban J connectivity index is 2.88. The molecule has 0 fully saturated rings. The maximum Gasteiger partial charge on any atom is 0.235 e. The Hall–Kier alpha value is -0.610. The van der Waals surface area contributed by atoms with Gasteiger partial charge in [-0.15, -0.1) is 0 Å². The van der Waals surface area contributed by atoms with Crippen LogP contribution in [0.25, 0.3) is 5.78 Å². The van der Waals surface area contributed by atoms with Crippen LogP contribution in [0.2, 0.25) is 5.15 Å². The molecule has 2 heterocycles.